The largest absolute Gasteiger partial charge is 0.441 e. The highest BCUT2D eigenvalue weighted by Gasteiger charge is 2.18. The quantitative estimate of drug-likeness (QED) is 0.617. The minimum Gasteiger partial charge on any atom is -0.441 e. The number of amides is 1. The van der Waals surface area contributed by atoms with E-state index in [2.05, 4.69) is 42.9 Å². The van der Waals surface area contributed by atoms with E-state index in [1.165, 1.54) is 11.1 Å². The number of hydrogen-bond donors (Lipinski definition) is 0. The van der Waals surface area contributed by atoms with Crippen molar-refractivity contribution in [2.24, 2.45) is 0 Å². The summed E-state index contributed by atoms with van der Waals surface area (Å²) in [5.41, 5.74) is 4.14. The van der Waals surface area contributed by atoms with E-state index in [9.17, 15) is 4.79 Å². The lowest BCUT2D eigenvalue weighted by Gasteiger charge is -2.18. The molecule has 0 aliphatic rings. The van der Waals surface area contributed by atoms with E-state index < -0.39 is 0 Å². The zero-order valence-electron chi connectivity index (χ0n) is 17.9. The molecule has 0 aliphatic heterocycles. The molecule has 5 heteroatoms. The third kappa shape index (κ3) is 5.31. The maximum Gasteiger partial charge on any atom is 0.228 e. The molecule has 0 aliphatic carbocycles. The zero-order valence-corrected chi connectivity index (χ0v) is 17.9. The molecule has 0 spiro atoms. The van der Waals surface area contributed by atoms with Crippen LogP contribution < -0.4 is 0 Å². The standard InChI is InChI=1S/C24H29N3O2/c1-17-21(16-22(28)27(5)15-12-18-10-13-25-14-11-18)26-23(29-17)19-6-8-20(9-7-19)24(2,3)4/h6-11,13-14H,12,15-16H2,1-5H3. The Morgan fingerprint density at radius 2 is 1.72 bits per heavy atom. The van der Waals surface area contributed by atoms with Gasteiger partial charge in [-0.25, -0.2) is 4.98 Å². The van der Waals surface area contributed by atoms with Gasteiger partial charge in [-0.15, -0.1) is 0 Å². The van der Waals surface area contributed by atoms with Crippen molar-refractivity contribution in [3.05, 3.63) is 71.4 Å². The molecule has 0 bridgehead atoms. The molecule has 3 rings (SSSR count). The van der Waals surface area contributed by atoms with Crippen LogP contribution in [0.1, 0.15) is 43.4 Å². The number of hydrogen-bond acceptors (Lipinski definition) is 4. The van der Waals surface area contributed by atoms with Crippen LogP contribution in [0.15, 0.2) is 53.2 Å². The minimum absolute atomic E-state index is 0.0325. The van der Waals surface area contributed by atoms with Gasteiger partial charge >= 0.3 is 0 Å². The lowest BCUT2D eigenvalue weighted by Crippen LogP contribution is -2.30. The molecule has 2 aromatic heterocycles. The molecule has 0 saturated carbocycles. The van der Waals surface area contributed by atoms with Crippen LogP contribution in [0.5, 0.6) is 0 Å². The Bertz CT molecular complexity index is 954. The molecule has 5 nitrogen and oxygen atoms in total. The summed E-state index contributed by atoms with van der Waals surface area (Å²) in [5, 5.41) is 0. The van der Waals surface area contributed by atoms with Gasteiger partial charge in [0.15, 0.2) is 0 Å². The van der Waals surface area contributed by atoms with Crippen molar-refractivity contribution < 1.29 is 9.21 Å². The Balaban J connectivity index is 1.64. The first kappa shape index (κ1) is 20.8. The Hall–Kier alpha value is -2.95. The van der Waals surface area contributed by atoms with Crippen LogP contribution in [-0.4, -0.2) is 34.4 Å². The molecule has 3 aromatic rings. The van der Waals surface area contributed by atoms with E-state index >= 15 is 0 Å². The normalized spacial score (nSPS) is 11.5. The van der Waals surface area contributed by atoms with Crippen molar-refractivity contribution in [2.75, 3.05) is 13.6 Å². The van der Waals surface area contributed by atoms with E-state index in [0.717, 1.165) is 12.0 Å². The van der Waals surface area contributed by atoms with Crippen LogP contribution in [0.4, 0.5) is 0 Å². The molecular weight excluding hydrogens is 362 g/mol. The predicted molar refractivity (Wildman–Crippen MR) is 115 cm³/mol. The van der Waals surface area contributed by atoms with Crippen molar-refractivity contribution in [3.8, 4) is 11.5 Å². The van der Waals surface area contributed by atoms with Gasteiger partial charge in [-0.05, 0) is 54.2 Å². The number of rotatable bonds is 6. The fourth-order valence-corrected chi connectivity index (χ4v) is 3.08. The Labute approximate surface area is 172 Å². The molecule has 0 fully saturated rings. The molecule has 0 N–H and O–H groups in total. The summed E-state index contributed by atoms with van der Waals surface area (Å²) in [7, 11) is 1.82. The molecule has 29 heavy (non-hydrogen) atoms. The molecule has 152 valence electrons. The maximum absolute atomic E-state index is 12.6. The van der Waals surface area contributed by atoms with Crippen LogP contribution in [0.3, 0.4) is 0 Å². The van der Waals surface area contributed by atoms with Gasteiger partial charge in [-0.2, -0.15) is 0 Å². The molecular formula is C24H29N3O2. The summed E-state index contributed by atoms with van der Waals surface area (Å²) in [5.74, 6) is 1.28. The molecule has 0 radical (unpaired) electrons. The van der Waals surface area contributed by atoms with Crippen LogP contribution in [0, 0.1) is 6.92 Å². The van der Waals surface area contributed by atoms with E-state index in [4.69, 9.17) is 4.42 Å². The zero-order chi connectivity index (χ0) is 21.0. The number of aryl methyl sites for hydroxylation is 1. The van der Waals surface area contributed by atoms with Crippen LogP contribution >= 0.6 is 0 Å². The summed E-state index contributed by atoms with van der Waals surface area (Å²) in [6.07, 6.45) is 4.58. The number of carbonyl (C=O) groups is 1. The lowest BCUT2D eigenvalue weighted by molar-refractivity contribution is -0.129. The van der Waals surface area contributed by atoms with Gasteiger partial charge in [0.1, 0.15) is 5.76 Å². The van der Waals surface area contributed by atoms with Crippen molar-refractivity contribution in [2.45, 2.75) is 46.0 Å². The fourth-order valence-electron chi connectivity index (χ4n) is 3.08. The summed E-state index contributed by atoms with van der Waals surface area (Å²) in [6.45, 7) is 9.07. The van der Waals surface area contributed by atoms with Crippen molar-refractivity contribution >= 4 is 5.91 Å². The molecule has 2 heterocycles. The van der Waals surface area contributed by atoms with Gasteiger partial charge in [0.2, 0.25) is 11.8 Å². The van der Waals surface area contributed by atoms with Crippen LogP contribution in [0.25, 0.3) is 11.5 Å². The minimum atomic E-state index is 0.0325. The SMILES string of the molecule is Cc1oc(-c2ccc(C(C)(C)C)cc2)nc1CC(=O)N(C)CCc1ccncc1. The second kappa shape index (κ2) is 8.60. The first-order valence-electron chi connectivity index (χ1n) is 9.94. The summed E-state index contributed by atoms with van der Waals surface area (Å²) >= 11 is 0. The van der Waals surface area contributed by atoms with Crippen LogP contribution in [0.2, 0.25) is 0 Å². The van der Waals surface area contributed by atoms with E-state index in [1.807, 2.05) is 38.2 Å². The topological polar surface area (TPSA) is 59.2 Å². The first-order valence-corrected chi connectivity index (χ1v) is 9.94. The Morgan fingerprint density at radius 1 is 1.07 bits per heavy atom. The van der Waals surface area contributed by atoms with E-state index in [0.29, 0.717) is 23.9 Å². The van der Waals surface area contributed by atoms with Crippen molar-refractivity contribution in [1.29, 1.82) is 0 Å². The van der Waals surface area contributed by atoms with Gasteiger partial charge in [0.25, 0.3) is 0 Å². The molecule has 1 aromatic carbocycles. The number of pyridine rings is 1. The van der Waals surface area contributed by atoms with Crippen molar-refractivity contribution in [1.82, 2.24) is 14.9 Å². The van der Waals surface area contributed by atoms with Gasteiger partial charge in [0, 0.05) is 31.5 Å². The molecule has 0 unspecified atom stereocenters. The molecule has 0 saturated heterocycles. The van der Waals surface area contributed by atoms with Gasteiger partial charge in [-0.3, -0.25) is 9.78 Å². The maximum atomic E-state index is 12.6. The highest BCUT2D eigenvalue weighted by molar-refractivity contribution is 5.78. The second-order valence-electron chi connectivity index (χ2n) is 8.45. The first-order chi connectivity index (χ1) is 13.7. The average Bonchev–Trinajstić information content (AvgIpc) is 3.06. The molecule has 0 atom stereocenters. The highest BCUT2D eigenvalue weighted by Crippen LogP contribution is 2.27. The summed E-state index contributed by atoms with van der Waals surface area (Å²) in [6, 6.07) is 12.2. The van der Waals surface area contributed by atoms with E-state index in [1.54, 1.807) is 17.3 Å². The van der Waals surface area contributed by atoms with Gasteiger partial charge < -0.3 is 9.32 Å². The number of benzene rings is 1. The number of oxazole rings is 1. The smallest absolute Gasteiger partial charge is 0.228 e. The monoisotopic (exact) mass is 391 g/mol. The highest BCUT2D eigenvalue weighted by atomic mass is 16.4. The number of nitrogens with zero attached hydrogens (tertiary/aromatic N) is 3. The number of aromatic nitrogens is 2. The Kier molecular flexibility index (Phi) is 6.16. The summed E-state index contributed by atoms with van der Waals surface area (Å²) in [4.78, 5) is 23.0. The van der Waals surface area contributed by atoms with Crippen LogP contribution in [-0.2, 0) is 23.1 Å². The van der Waals surface area contributed by atoms with Gasteiger partial charge in [0.05, 0.1) is 12.1 Å². The van der Waals surface area contributed by atoms with E-state index in [-0.39, 0.29) is 17.7 Å². The second-order valence-corrected chi connectivity index (χ2v) is 8.45. The van der Waals surface area contributed by atoms with Crippen molar-refractivity contribution in [3.63, 3.8) is 0 Å². The molecule has 1 amide bonds. The Morgan fingerprint density at radius 3 is 2.34 bits per heavy atom. The average molecular weight is 392 g/mol. The van der Waals surface area contributed by atoms with Gasteiger partial charge in [-0.1, -0.05) is 32.9 Å². The third-order valence-electron chi connectivity index (χ3n) is 5.12. The lowest BCUT2D eigenvalue weighted by atomic mass is 9.87. The number of likely N-dealkylation sites (N-methyl/N-ethyl adjacent to an activating group) is 1. The third-order valence-corrected chi connectivity index (χ3v) is 5.12. The fraction of sp³-hybridized carbons (Fsp3) is 0.375. The summed E-state index contributed by atoms with van der Waals surface area (Å²) < 4.78 is 5.85. The predicted octanol–water partition coefficient (Wildman–Crippen LogP) is 4.59. The number of carbonyl (C=O) groups excluding carboxylic acids is 1.